The van der Waals surface area contributed by atoms with Gasteiger partial charge in [0.15, 0.2) is 6.61 Å². The van der Waals surface area contributed by atoms with Gasteiger partial charge in [0.25, 0.3) is 0 Å². The predicted octanol–water partition coefficient (Wildman–Crippen LogP) is 0.438. The maximum atomic E-state index is 11.6. The number of piperazine rings is 1. The fourth-order valence-corrected chi connectivity index (χ4v) is 2.15. The summed E-state index contributed by atoms with van der Waals surface area (Å²) in [5, 5.41) is 0. The Morgan fingerprint density at radius 1 is 1.29 bits per heavy atom. The first-order valence-corrected chi connectivity index (χ1v) is 7.18. The molecule has 2 rings (SSSR count). The number of anilines is 1. The van der Waals surface area contributed by atoms with Gasteiger partial charge in [-0.05, 0) is 19.2 Å². The number of esters is 1. The summed E-state index contributed by atoms with van der Waals surface area (Å²) in [6.45, 7) is 5.26. The van der Waals surface area contributed by atoms with Crippen molar-refractivity contribution in [1.82, 2.24) is 9.80 Å². The molecule has 116 valence electrons. The highest BCUT2D eigenvalue weighted by molar-refractivity contribution is 5.71. The van der Waals surface area contributed by atoms with Crippen molar-refractivity contribution in [1.29, 1.82) is 0 Å². The van der Waals surface area contributed by atoms with E-state index in [1.54, 1.807) is 24.3 Å². The van der Waals surface area contributed by atoms with E-state index in [1.807, 2.05) is 0 Å². The molecule has 0 aliphatic carbocycles. The van der Waals surface area contributed by atoms with Crippen LogP contribution in [0.5, 0.6) is 5.75 Å². The van der Waals surface area contributed by atoms with Crippen LogP contribution in [0.4, 0.5) is 5.69 Å². The van der Waals surface area contributed by atoms with E-state index in [1.165, 1.54) is 0 Å². The second kappa shape index (κ2) is 7.85. The van der Waals surface area contributed by atoms with Crippen molar-refractivity contribution in [2.45, 2.75) is 0 Å². The van der Waals surface area contributed by atoms with E-state index < -0.39 is 0 Å². The van der Waals surface area contributed by atoms with E-state index in [0.717, 1.165) is 32.7 Å². The fourth-order valence-electron chi connectivity index (χ4n) is 2.15. The molecule has 2 N–H and O–H groups in total. The van der Waals surface area contributed by atoms with Crippen molar-refractivity contribution in [3.8, 4) is 5.75 Å². The van der Waals surface area contributed by atoms with Crippen LogP contribution in [-0.2, 0) is 9.53 Å². The van der Waals surface area contributed by atoms with E-state index in [0.29, 0.717) is 18.0 Å². The summed E-state index contributed by atoms with van der Waals surface area (Å²) in [5.74, 6) is 0.220. The Labute approximate surface area is 125 Å². The molecule has 0 saturated carbocycles. The molecule has 1 heterocycles. The number of nitrogens with zero attached hydrogens (tertiary/aromatic N) is 2. The van der Waals surface area contributed by atoms with Gasteiger partial charge in [-0.1, -0.05) is 6.07 Å². The van der Waals surface area contributed by atoms with Gasteiger partial charge in [0, 0.05) is 44.5 Å². The molecule has 1 aliphatic rings. The lowest BCUT2D eigenvalue weighted by Crippen LogP contribution is -2.45. The molecular formula is C15H23N3O3. The second-order valence-electron chi connectivity index (χ2n) is 5.23. The lowest BCUT2D eigenvalue weighted by atomic mass is 10.3. The zero-order chi connectivity index (χ0) is 15.1. The summed E-state index contributed by atoms with van der Waals surface area (Å²) in [4.78, 5) is 16.2. The minimum Gasteiger partial charge on any atom is -0.482 e. The molecule has 0 unspecified atom stereocenters. The Bertz CT molecular complexity index is 459. The molecule has 0 bridgehead atoms. The minimum atomic E-state index is -0.355. The summed E-state index contributed by atoms with van der Waals surface area (Å²) in [6, 6.07) is 6.98. The number of nitrogens with two attached hydrogens (primary N) is 1. The van der Waals surface area contributed by atoms with Crippen LogP contribution >= 0.6 is 0 Å². The Balaban J connectivity index is 1.59. The van der Waals surface area contributed by atoms with Crippen molar-refractivity contribution in [3.63, 3.8) is 0 Å². The molecule has 21 heavy (non-hydrogen) atoms. The molecular weight excluding hydrogens is 270 g/mol. The summed E-state index contributed by atoms with van der Waals surface area (Å²) in [6.07, 6.45) is 0. The SMILES string of the molecule is CN1CCN(CCOC(=O)COc2cccc(N)c2)CC1. The number of likely N-dealkylation sites (N-methyl/N-ethyl adjacent to an activating group) is 1. The predicted molar refractivity (Wildman–Crippen MR) is 81.2 cm³/mol. The van der Waals surface area contributed by atoms with Crippen molar-refractivity contribution >= 4 is 11.7 Å². The molecule has 0 amide bonds. The molecule has 1 aliphatic heterocycles. The number of nitrogen functional groups attached to an aromatic ring is 1. The third-order valence-electron chi connectivity index (χ3n) is 3.48. The molecule has 0 aromatic heterocycles. The van der Waals surface area contributed by atoms with Gasteiger partial charge in [-0.3, -0.25) is 4.90 Å². The number of hydrogen-bond acceptors (Lipinski definition) is 6. The smallest absolute Gasteiger partial charge is 0.344 e. The molecule has 1 aromatic carbocycles. The van der Waals surface area contributed by atoms with Crippen LogP contribution in [0, 0.1) is 0 Å². The zero-order valence-electron chi connectivity index (χ0n) is 12.5. The highest BCUT2D eigenvalue weighted by Gasteiger charge is 2.14. The van der Waals surface area contributed by atoms with Crippen molar-refractivity contribution in [3.05, 3.63) is 24.3 Å². The molecule has 0 radical (unpaired) electrons. The summed E-state index contributed by atoms with van der Waals surface area (Å²) >= 11 is 0. The van der Waals surface area contributed by atoms with E-state index in [9.17, 15) is 4.79 Å². The molecule has 6 nitrogen and oxygen atoms in total. The van der Waals surface area contributed by atoms with Gasteiger partial charge < -0.3 is 20.1 Å². The highest BCUT2D eigenvalue weighted by atomic mass is 16.6. The fraction of sp³-hybridized carbons (Fsp3) is 0.533. The van der Waals surface area contributed by atoms with Crippen LogP contribution in [0.25, 0.3) is 0 Å². The number of rotatable bonds is 6. The van der Waals surface area contributed by atoms with Crippen molar-refractivity contribution in [2.75, 3.05) is 58.7 Å². The maximum absolute atomic E-state index is 11.6. The van der Waals surface area contributed by atoms with Gasteiger partial charge in [-0.2, -0.15) is 0 Å². The van der Waals surface area contributed by atoms with Crippen molar-refractivity contribution in [2.24, 2.45) is 0 Å². The molecule has 0 atom stereocenters. The van der Waals surface area contributed by atoms with Crippen LogP contribution in [-0.4, -0.2) is 68.8 Å². The number of carbonyl (C=O) groups excluding carboxylic acids is 1. The van der Waals surface area contributed by atoms with Crippen LogP contribution in [0.15, 0.2) is 24.3 Å². The first-order chi connectivity index (χ1) is 10.1. The summed E-state index contributed by atoms with van der Waals surface area (Å²) in [5.41, 5.74) is 6.24. The summed E-state index contributed by atoms with van der Waals surface area (Å²) in [7, 11) is 2.12. The van der Waals surface area contributed by atoms with Crippen LogP contribution in [0.2, 0.25) is 0 Å². The number of hydrogen-bond donors (Lipinski definition) is 1. The minimum absolute atomic E-state index is 0.0911. The summed E-state index contributed by atoms with van der Waals surface area (Å²) < 4.78 is 10.5. The lowest BCUT2D eigenvalue weighted by Gasteiger charge is -2.31. The Morgan fingerprint density at radius 2 is 2.05 bits per heavy atom. The maximum Gasteiger partial charge on any atom is 0.344 e. The third kappa shape index (κ3) is 5.61. The van der Waals surface area contributed by atoms with E-state index in [4.69, 9.17) is 15.2 Å². The van der Waals surface area contributed by atoms with Gasteiger partial charge in [0.2, 0.25) is 0 Å². The molecule has 1 fully saturated rings. The van der Waals surface area contributed by atoms with E-state index in [2.05, 4.69) is 16.8 Å². The standard InChI is InChI=1S/C15H23N3O3/c1-17-5-7-18(8-6-17)9-10-20-15(19)12-21-14-4-2-3-13(16)11-14/h2-4,11H,5-10,12,16H2,1H3. The Kier molecular flexibility index (Phi) is 5.83. The third-order valence-corrected chi connectivity index (χ3v) is 3.48. The van der Waals surface area contributed by atoms with Crippen LogP contribution < -0.4 is 10.5 Å². The lowest BCUT2D eigenvalue weighted by molar-refractivity contribution is -0.146. The first kappa shape index (κ1) is 15.6. The molecule has 6 heteroatoms. The van der Waals surface area contributed by atoms with Gasteiger partial charge in [0.1, 0.15) is 12.4 Å². The van der Waals surface area contributed by atoms with Gasteiger partial charge in [-0.15, -0.1) is 0 Å². The van der Waals surface area contributed by atoms with Gasteiger partial charge >= 0.3 is 5.97 Å². The first-order valence-electron chi connectivity index (χ1n) is 7.18. The van der Waals surface area contributed by atoms with Crippen LogP contribution in [0.3, 0.4) is 0 Å². The van der Waals surface area contributed by atoms with E-state index in [-0.39, 0.29) is 12.6 Å². The average Bonchev–Trinajstić information content (AvgIpc) is 2.47. The van der Waals surface area contributed by atoms with Gasteiger partial charge in [0.05, 0.1) is 0 Å². The number of benzene rings is 1. The van der Waals surface area contributed by atoms with Crippen LogP contribution in [0.1, 0.15) is 0 Å². The Morgan fingerprint density at radius 3 is 2.76 bits per heavy atom. The normalized spacial score (nSPS) is 16.6. The van der Waals surface area contributed by atoms with Gasteiger partial charge in [-0.25, -0.2) is 4.79 Å². The van der Waals surface area contributed by atoms with E-state index >= 15 is 0 Å². The quantitative estimate of drug-likeness (QED) is 0.606. The second-order valence-corrected chi connectivity index (χ2v) is 5.23. The number of carbonyl (C=O) groups is 1. The monoisotopic (exact) mass is 293 g/mol. The number of ether oxygens (including phenoxy) is 2. The molecule has 1 aromatic rings. The molecule has 0 spiro atoms. The zero-order valence-corrected chi connectivity index (χ0v) is 12.5. The average molecular weight is 293 g/mol. The molecule has 1 saturated heterocycles. The topological polar surface area (TPSA) is 68.0 Å². The van der Waals surface area contributed by atoms with Crippen molar-refractivity contribution < 1.29 is 14.3 Å². The Hall–Kier alpha value is -1.79. The largest absolute Gasteiger partial charge is 0.482 e. The highest BCUT2D eigenvalue weighted by Crippen LogP contribution is 2.14.